The Morgan fingerprint density at radius 3 is 2.88 bits per heavy atom. The topological polar surface area (TPSA) is 63.8 Å². The highest BCUT2D eigenvalue weighted by Gasteiger charge is 2.04. The van der Waals surface area contributed by atoms with E-state index in [2.05, 4.69) is 31.2 Å². The number of hydrogen-bond acceptors (Lipinski definition) is 4. The monoisotopic (exact) mass is 312 g/mol. The average Bonchev–Trinajstić information content (AvgIpc) is 2.29. The Hall–Kier alpha value is -1.33. The first-order chi connectivity index (χ1) is 8.06. The third-order valence-electron chi connectivity index (χ3n) is 2.20. The lowest BCUT2D eigenvalue weighted by atomic mass is 10.2. The Balaban J connectivity index is 2.31. The summed E-state index contributed by atoms with van der Waals surface area (Å²) in [7, 11) is 0. The predicted octanol–water partition coefficient (Wildman–Crippen LogP) is 3.53. The summed E-state index contributed by atoms with van der Waals surface area (Å²) in [4.78, 5) is 7.95. The van der Waals surface area contributed by atoms with E-state index < -0.39 is 0 Å². The molecular weight excluding hydrogens is 304 g/mol. The van der Waals surface area contributed by atoms with Crippen LogP contribution in [0.25, 0.3) is 0 Å². The lowest BCUT2D eigenvalue weighted by Crippen LogP contribution is -2.00. The molecule has 1 heterocycles. The molecule has 0 bridgehead atoms. The second kappa shape index (κ2) is 4.89. The zero-order chi connectivity index (χ0) is 12.4. The first kappa shape index (κ1) is 12.1. The molecule has 0 aliphatic carbocycles. The van der Waals surface area contributed by atoms with E-state index in [4.69, 9.17) is 17.3 Å². The number of aryl methyl sites for hydroxylation is 1. The summed E-state index contributed by atoms with van der Waals surface area (Å²) in [5, 5.41) is 3.82. The van der Waals surface area contributed by atoms with Crippen molar-refractivity contribution in [3.8, 4) is 0 Å². The Kier molecular flexibility index (Phi) is 3.49. The second-order valence-electron chi connectivity index (χ2n) is 3.51. The molecule has 0 unspecified atom stereocenters. The van der Waals surface area contributed by atoms with Gasteiger partial charge < -0.3 is 11.1 Å². The van der Waals surface area contributed by atoms with Crippen LogP contribution in [0.3, 0.4) is 0 Å². The Bertz CT molecular complexity index is 559. The van der Waals surface area contributed by atoms with Crippen molar-refractivity contribution in [2.75, 3.05) is 11.1 Å². The third kappa shape index (κ3) is 2.87. The summed E-state index contributed by atoms with van der Waals surface area (Å²) in [6, 6.07) is 5.69. The van der Waals surface area contributed by atoms with Gasteiger partial charge in [-0.3, -0.25) is 0 Å². The molecule has 0 aliphatic rings. The number of hydrogen-bond donors (Lipinski definition) is 2. The predicted molar refractivity (Wildman–Crippen MR) is 73.6 cm³/mol. The van der Waals surface area contributed by atoms with Gasteiger partial charge in [0.15, 0.2) is 0 Å². The van der Waals surface area contributed by atoms with Crippen LogP contribution in [0.15, 0.2) is 28.9 Å². The largest absolute Gasteiger partial charge is 0.368 e. The summed E-state index contributed by atoms with van der Waals surface area (Å²) in [5.41, 5.74) is 7.40. The van der Waals surface area contributed by atoms with Gasteiger partial charge in [-0.25, -0.2) is 4.98 Å². The smallest absolute Gasteiger partial charge is 0.222 e. The van der Waals surface area contributed by atoms with Crippen molar-refractivity contribution in [2.45, 2.75) is 6.92 Å². The van der Waals surface area contributed by atoms with Gasteiger partial charge >= 0.3 is 0 Å². The van der Waals surface area contributed by atoms with Crippen molar-refractivity contribution >= 4 is 45.0 Å². The molecule has 0 aliphatic heterocycles. The number of halogens is 2. The van der Waals surface area contributed by atoms with E-state index in [1.165, 1.54) is 0 Å². The molecule has 4 nitrogen and oxygen atoms in total. The minimum atomic E-state index is 0.217. The molecule has 1 aromatic carbocycles. The fourth-order valence-corrected chi connectivity index (χ4v) is 1.75. The average molecular weight is 314 g/mol. The van der Waals surface area contributed by atoms with Crippen LogP contribution >= 0.6 is 27.5 Å². The first-order valence-electron chi connectivity index (χ1n) is 4.87. The molecular formula is C11H10BrClN4. The summed E-state index contributed by atoms with van der Waals surface area (Å²) < 4.78 is 0.739. The van der Waals surface area contributed by atoms with E-state index in [0.717, 1.165) is 15.7 Å². The molecule has 1 aromatic heterocycles. The van der Waals surface area contributed by atoms with Gasteiger partial charge in [0.2, 0.25) is 5.95 Å². The van der Waals surface area contributed by atoms with Crippen LogP contribution in [0, 0.1) is 6.92 Å². The number of rotatable bonds is 2. The molecule has 0 saturated carbocycles. The van der Waals surface area contributed by atoms with Crippen LogP contribution in [0.5, 0.6) is 0 Å². The van der Waals surface area contributed by atoms with Crippen molar-refractivity contribution in [3.63, 3.8) is 0 Å². The van der Waals surface area contributed by atoms with E-state index in [1.807, 2.05) is 25.1 Å². The molecule has 3 N–H and O–H groups in total. The van der Waals surface area contributed by atoms with Gasteiger partial charge in [0.25, 0.3) is 0 Å². The Labute approximate surface area is 112 Å². The molecule has 2 rings (SSSR count). The van der Waals surface area contributed by atoms with E-state index in [-0.39, 0.29) is 5.95 Å². The maximum Gasteiger partial charge on any atom is 0.222 e. The molecule has 0 amide bonds. The normalized spacial score (nSPS) is 10.3. The second-order valence-corrected chi connectivity index (χ2v) is 4.78. The van der Waals surface area contributed by atoms with Crippen molar-refractivity contribution in [2.24, 2.45) is 0 Å². The van der Waals surface area contributed by atoms with Crippen molar-refractivity contribution < 1.29 is 0 Å². The molecule has 0 atom stereocenters. The Morgan fingerprint density at radius 1 is 1.41 bits per heavy atom. The standard InChI is InChI=1S/C11H10BrClN4/c1-6-2-3-7(4-9(6)13)16-10-8(12)5-15-11(14)17-10/h2-5H,1H3,(H3,14,15,16,17). The summed E-state index contributed by atoms with van der Waals surface area (Å²) in [5.74, 6) is 0.825. The van der Waals surface area contributed by atoms with Crippen LogP contribution in [0.1, 0.15) is 5.56 Å². The van der Waals surface area contributed by atoms with E-state index in [9.17, 15) is 0 Å². The van der Waals surface area contributed by atoms with Gasteiger partial charge in [-0.2, -0.15) is 4.98 Å². The SMILES string of the molecule is Cc1ccc(Nc2nc(N)ncc2Br)cc1Cl. The minimum Gasteiger partial charge on any atom is -0.368 e. The Morgan fingerprint density at radius 2 is 2.18 bits per heavy atom. The summed E-state index contributed by atoms with van der Waals surface area (Å²) >= 11 is 9.39. The minimum absolute atomic E-state index is 0.217. The number of anilines is 3. The highest BCUT2D eigenvalue weighted by Crippen LogP contribution is 2.26. The maximum atomic E-state index is 6.04. The fourth-order valence-electron chi connectivity index (χ4n) is 1.28. The van der Waals surface area contributed by atoms with Gasteiger partial charge in [-0.1, -0.05) is 17.7 Å². The van der Waals surface area contributed by atoms with Gasteiger partial charge in [-0.05, 0) is 40.5 Å². The van der Waals surface area contributed by atoms with Crippen LogP contribution in [0.2, 0.25) is 5.02 Å². The van der Waals surface area contributed by atoms with Crippen LogP contribution in [-0.2, 0) is 0 Å². The molecule has 0 spiro atoms. The zero-order valence-corrected chi connectivity index (χ0v) is 11.4. The number of nitrogens with two attached hydrogens (primary N) is 1. The zero-order valence-electron chi connectivity index (χ0n) is 9.04. The first-order valence-corrected chi connectivity index (χ1v) is 6.04. The summed E-state index contributed by atoms with van der Waals surface area (Å²) in [6.45, 7) is 1.95. The van der Waals surface area contributed by atoms with Crippen LogP contribution < -0.4 is 11.1 Å². The highest BCUT2D eigenvalue weighted by molar-refractivity contribution is 9.10. The van der Waals surface area contributed by atoms with Gasteiger partial charge in [-0.15, -0.1) is 0 Å². The van der Waals surface area contributed by atoms with E-state index >= 15 is 0 Å². The summed E-state index contributed by atoms with van der Waals surface area (Å²) in [6.07, 6.45) is 1.60. The number of aromatic nitrogens is 2. The number of nitrogens with zero attached hydrogens (tertiary/aromatic N) is 2. The molecule has 6 heteroatoms. The van der Waals surface area contributed by atoms with Gasteiger partial charge in [0.05, 0.1) is 4.47 Å². The van der Waals surface area contributed by atoms with Gasteiger partial charge in [0.1, 0.15) is 5.82 Å². The molecule has 0 saturated heterocycles. The van der Waals surface area contributed by atoms with Crippen molar-refractivity contribution in [1.29, 1.82) is 0 Å². The lowest BCUT2D eigenvalue weighted by molar-refractivity contribution is 1.17. The van der Waals surface area contributed by atoms with E-state index in [0.29, 0.717) is 10.8 Å². The lowest BCUT2D eigenvalue weighted by Gasteiger charge is -2.08. The molecule has 0 radical (unpaired) electrons. The van der Waals surface area contributed by atoms with Crippen molar-refractivity contribution in [3.05, 3.63) is 39.5 Å². The molecule has 0 fully saturated rings. The van der Waals surface area contributed by atoms with Crippen molar-refractivity contribution in [1.82, 2.24) is 9.97 Å². The molecule has 17 heavy (non-hydrogen) atoms. The molecule has 2 aromatic rings. The van der Waals surface area contributed by atoms with E-state index in [1.54, 1.807) is 6.20 Å². The number of benzene rings is 1. The quantitative estimate of drug-likeness (QED) is 0.890. The number of nitrogen functional groups attached to an aromatic ring is 1. The van der Waals surface area contributed by atoms with Gasteiger partial charge in [0, 0.05) is 16.9 Å². The maximum absolute atomic E-state index is 6.04. The fraction of sp³-hybridized carbons (Fsp3) is 0.0909. The van der Waals surface area contributed by atoms with Crippen LogP contribution in [0.4, 0.5) is 17.5 Å². The molecule has 88 valence electrons. The van der Waals surface area contributed by atoms with Crippen LogP contribution in [-0.4, -0.2) is 9.97 Å². The third-order valence-corrected chi connectivity index (χ3v) is 3.18. The number of nitrogens with one attached hydrogen (secondary N) is 1. The highest BCUT2D eigenvalue weighted by atomic mass is 79.9.